The van der Waals surface area contributed by atoms with E-state index in [-0.39, 0.29) is 11.4 Å². The third-order valence-corrected chi connectivity index (χ3v) is 2.77. The zero-order valence-electron chi connectivity index (χ0n) is 7.80. The average molecular weight is 171 g/mol. The van der Waals surface area contributed by atoms with Crippen LogP contribution in [0.5, 0.6) is 0 Å². The third kappa shape index (κ3) is 1.33. The van der Waals surface area contributed by atoms with Gasteiger partial charge in [0.05, 0.1) is 12.0 Å². The van der Waals surface area contributed by atoms with Gasteiger partial charge in [0.25, 0.3) is 0 Å². The predicted octanol–water partition coefficient (Wildman–Crippen LogP) is 0.924. The van der Waals surface area contributed by atoms with E-state index in [4.69, 9.17) is 10.5 Å². The van der Waals surface area contributed by atoms with E-state index >= 15 is 0 Å². The molecule has 1 aliphatic carbocycles. The SMILES string of the molecule is CCOC(=O)C1(CN)CC1CC. The van der Waals surface area contributed by atoms with Gasteiger partial charge in [0, 0.05) is 6.54 Å². The van der Waals surface area contributed by atoms with Crippen LogP contribution in [0.3, 0.4) is 0 Å². The van der Waals surface area contributed by atoms with Crippen molar-refractivity contribution < 1.29 is 9.53 Å². The Morgan fingerprint density at radius 2 is 2.33 bits per heavy atom. The Hall–Kier alpha value is -0.570. The van der Waals surface area contributed by atoms with E-state index in [2.05, 4.69) is 6.92 Å². The topological polar surface area (TPSA) is 52.3 Å². The molecule has 2 atom stereocenters. The molecule has 0 heterocycles. The van der Waals surface area contributed by atoms with E-state index in [1.54, 1.807) is 0 Å². The van der Waals surface area contributed by atoms with Gasteiger partial charge in [-0.3, -0.25) is 4.79 Å². The van der Waals surface area contributed by atoms with E-state index in [9.17, 15) is 4.79 Å². The molecule has 0 bridgehead atoms. The van der Waals surface area contributed by atoms with Crippen LogP contribution >= 0.6 is 0 Å². The summed E-state index contributed by atoms with van der Waals surface area (Å²) in [6, 6.07) is 0. The summed E-state index contributed by atoms with van der Waals surface area (Å²) in [5.41, 5.74) is 5.25. The Morgan fingerprint density at radius 1 is 1.67 bits per heavy atom. The van der Waals surface area contributed by atoms with Gasteiger partial charge in [-0.25, -0.2) is 0 Å². The lowest BCUT2D eigenvalue weighted by Gasteiger charge is -2.12. The molecule has 3 nitrogen and oxygen atoms in total. The first-order valence-corrected chi connectivity index (χ1v) is 4.58. The summed E-state index contributed by atoms with van der Waals surface area (Å²) in [4.78, 5) is 11.4. The molecule has 0 amide bonds. The standard InChI is InChI=1S/C9H17NO2/c1-3-7-5-9(7,6-10)8(11)12-4-2/h7H,3-6,10H2,1-2H3. The Morgan fingerprint density at radius 3 is 2.67 bits per heavy atom. The van der Waals surface area contributed by atoms with Crippen molar-refractivity contribution in [3.63, 3.8) is 0 Å². The monoisotopic (exact) mass is 171 g/mol. The average Bonchev–Trinajstić information content (AvgIpc) is 2.80. The minimum atomic E-state index is -0.315. The number of carbonyl (C=O) groups excluding carboxylic acids is 1. The Bertz CT molecular complexity index is 181. The number of rotatable bonds is 4. The molecule has 3 heteroatoms. The number of nitrogens with two attached hydrogens (primary N) is 1. The molecule has 1 aliphatic rings. The first-order valence-electron chi connectivity index (χ1n) is 4.58. The summed E-state index contributed by atoms with van der Waals surface area (Å²) in [5, 5.41) is 0. The van der Waals surface area contributed by atoms with Crippen LogP contribution in [0.15, 0.2) is 0 Å². The molecule has 0 aromatic rings. The van der Waals surface area contributed by atoms with Gasteiger partial charge in [-0.05, 0) is 19.3 Å². The van der Waals surface area contributed by atoms with Gasteiger partial charge in [-0.15, -0.1) is 0 Å². The summed E-state index contributed by atoms with van der Waals surface area (Å²) in [6.07, 6.45) is 1.94. The molecule has 2 unspecified atom stereocenters. The first kappa shape index (κ1) is 9.52. The molecule has 0 radical (unpaired) electrons. The van der Waals surface area contributed by atoms with Crippen molar-refractivity contribution >= 4 is 5.97 Å². The number of hydrogen-bond acceptors (Lipinski definition) is 3. The van der Waals surface area contributed by atoms with Gasteiger partial charge in [0.15, 0.2) is 0 Å². The van der Waals surface area contributed by atoms with Gasteiger partial charge in [0.2, 0.25) is 0 Å². The summed E-state index contributed by atoms with van der Waals surface area (Å²) >= 11 is 0. The van der Waals surface area contributed by atoms with E-state index < -0.39 is 0 Å². The minimum Gasteiger partial charge on any atom is -0.466 e. The van der Waals surface area contributed by atoms with Crippen LogP contribution in [0.2, 0.25) is 0 Å². The highest BCUT2D eigenvalue weighted by atomic mass is 16.5. The zero-order chi connectivity index (χ0) is 9.19. The van der Waals surface area contributed by atoms with Crippen molar-refractivity contribution in [1.82, 2.24) is 0 Å². The van der Waals surface area contributed by atoms with Crippen molar-refractivity contribution in [1.29, 1.82) is 0 Å². The predicted molar refractivity (Wildman–Crippen MR) is 46.5 cm³/mol. The third-order valence-electron chi connectivity index (χ3n) is 2.77. The van der Waals surface area contributed by atoms with Gasteiger partial charge in [-0.1, -0.05) is 13.3 Å². The molecule has 1 saturated carbocycles. The fourth-order valence-electron chi connectivity index (χ4n) is 1.77. The molecule has 1 rings (SSSR count). The molecule has 0 aromatic heterocycles. The number of hydrogen-bond donors (Lipinski definition) is 1. The second-order valence-corrected chi connectivity index (χ2v) is 3.39. The summed E-state index contributed by atoms with van der Waals surface area (Å²) in [7, 11) is 0. The van der Waals surface area contributed by atoms with Crippen LogP contribution in [0.25, 0.3) is 0 Å². The number of carbonyl (C=O) groups is 1. The minimum absolute atomic E-state index is 0.0978. The van der Waals surface area contributed by atoms with Crippen LogP contribution in [-0.2, 0) is 9.53 Å². The van der Waals surface area contributed by atoms with Crippen molar-refractivity contribution in [2.24, 2.45) is 17.1 Å². The summed E-state index contributed by atoms with van der Waals surface area (Å²) in [5.74, 6) is 0.362. The summed E-state index contributed by atoms with van der Waals surface area (Å²) < 4.78 is 4.97. The van der Waals surface area contributed by atoms with Crippen LogP contribution in [0.4, 0.5) is 0 Å². The second kappa shape index (κ2) is 3.44. The lowest BCUT2D eigenvalue weighted by Crippen LogP contribution is -2.29. The molecular weight excluding hydrogens is 154 g/mol. The van der Waals surface area contributed by atoms with Gasteiger partial charge >= 0.3 is 5.97 Å². The maximum absolute atomic E-state index is 11.4. The van der Waals surface area contributed by atoms with E-state index in [1.165, 1.54) is 0 Å². The highest BCUT2D eigenvalue weighted by Gasteiger charge is 2.58. The maximum Gasteiger partial charge on any atom is 0.313 e. The Balaban J connectivity index is 2.53. The Labute approximate surface area is 73.3 Å². The van der Waals surface area contributed by atoms with Crippen molar-refractivity contribution in [3.8, 4) is 0 Å². The maximum atomic E-state index is 11.4. The van der Waals surface area contributed by atoms with Crippen molar-refractivity contribution in [2.75, 3.05) is 13.2 Å². The molecule has 2 N–H and O–H groups in total. The smallest absolute Gasteiger partial charge is 0.313 e. The van der Waals surface area contributed by atoms with E-state index in [1.807, 2.05) is 6.92 Å². The fraction of sp³-hybridized carbons (Fsp3) is 0.889. The lowest BCUT2D eigenvalue weighted by molar-refractivity contribution is -0.149. The molecule has 12 heavy (non-hydrogen) atoms. The zero-order valence-corrected chi connectivity index (χ0v) is 7.80. The van der Waals surface area contributed by atoms with Crippen molar-refractivity contribution in [3.05, 3.63) is 0 Å². The first-order chi connectivity index (χ1) is 5.71. The normalized spacial score (nSPS) is 33.1. The fourth-order valence-corrected chi connectivity index (χ4v) is 1.77. The van der Waals surface area contributed by atoms with Gasteiger partial charge in [-0.2, -0.15) is 0 Å². The Kier molecular flexibility index (Phi) is 2.73. The molecule has 1 fully saturated rings. The number of ether oxygens (including phenoxy) is 1. The quantitative estimate of drug-likeness (QED) is 0.640. The highest BCUT2D eigenvalue weighted by Crippen LogP contribution is 2.54. The van der Waals surface area contributed by atoms with Crippen LogP contribution in [0.1, 0.15) is 26.7 Å². The van der Waals surface area contributed by atoms with E-state index in [0.717, 1.165) is 12.8 Å². The second-order valence-electron chi connectivity index (χ2n) is 3.39. The summed E-state index contributed by atoms with van der Waals surface area (Å²) in [6.45, 7) is 4.80. The van der Waals surface area contributed by atoms with Crippen LogP contribution < -0.4 is 5.73 Å². The number of esters is 1. The highest BCUT2D eigenvalue weighted by molar-refractivity contribution is 5.81. The van der Waals surface area contributed by atoms with Crippen LogP contribution in [0, 0.1) is 11.3 Å². The van der Waals surface area contributed by atoms with Crippen molar-refractivity contribution in [2.45, 2.75) is 26.7 Å². The van der Waals surface area contributed by atoms with Gasteiger partial charge < -0.3 is 10.5 Å². The molecule has 0 aromatic carbocycles. The largest absolute Gasteiger partial charge is 0.466 e. The molecule has 0 saturated heterocycles. The lowest BCUT2D eigenvalue weighted by atomic mass is 10.0. The molecular formula is C9H17NO2. The molecule has 0 spiro atoms. The van der Waals surface area contributed by atoms with Gasteiger partial charge in [0.1, 0.15) is 0 Å². The molecule has 0 aliphatic heterocycles. The van der Waals surface area contributed by atoms with Crippen LogP contribution in [-0.4, -0.2) is 19.1 Å². The molecule has 70 valence electrons. The van der Waals surface area contributed by atoms with E-state index in [0.29, 0.717) is 19.1 Å².